The molecule has 0 amide bonds. The lowest BCUT2D eigenvalue weighted by molar-refractivity contribution is 0.0988. The van der Waals surface area contributed by atoms with Crippen LogP contribution in [0.2, 0.25) is 0 Å². The van der Waals surface area contributed by atoms with Crippen LogP contribution in [-0.4, -0.2) is 31.6 Å². The number of carbonyl (C=O) groups excluding carboxylic acids is 1. The molecule has 0 bridgehead atoms. The third kappa shape index (κ3) is 3.19. The summed E-state index contributed by atoms with van der Waals surface area (Å²) in [6.07, 6.45) is 0.246. The molecule has 1 rings (SSSR count). The molecule has 1 aromatic rings. The first-order valence-electron chi connectivity index (χ1n) is 6.21. The SMILES string of the molecule is CCC(=O)c1ccc(F)c(S(=O)(=O)N(CC)CC)c1. The molecule has 0 aliphatic heterocycles. The average Bonchev–Trinajstić information content (AvgIpc) is 2.39. The lowest BCUT2D eigenvalue weighted by Gasteiger charge is -2.19. The molecule has 6 heteroatoms. The summed E-state index contributed by atoms with van der Waals surface area (Å²) >= 11 is 0. The van der Waals surface area contributed by atoms with Crippen molar-refractivity contribution in [3.8, 4) is 0 Å². The van der Waals surface area contributed by atoms with Crippen LogP contribution in [0.25, 0.3) is 0 Å². The van der Waals surface area contributed by atoms with Gasteiger partial charge in [-0.05, 0) is 18.2 Å². The maximum atomic E-state index is 13.7. The molecular formula is C13H18FNO3S. The predicted molar refractivity (Wildman–Crippen MR) is 71.1 cm³/mol. The van der Waals surface area contributed by atoms with Gasteiger partial charge in [0.15, 0.2) is 5.78 Å². The average molecular weight is 287 g/mol. The van der Waals surface area contributed by atoms with Gasteiger partial charge in [-0.3, -0.25) is 4.79 Å². The Morgan fingerprint density at radius 1 is 1.21 bits per heavy atom. The third-order valence-electron chi connectivity index (χ3n) is 2.90. The molecule has 0 aromatic heterocycles. The lowest BCUT2D eigenvalue weighted by Crippen LogP contribution is -2.31. The van der Waals surface area contributed by atoms with Crippen molar-refractivity contribution in [1.29, 1.82) is 0 Å². The van der Waals surface area contributed by atoms with E-state index in [1.165, 1.54) is 6.07 Å². The van der Waals surface area contributed by atoms with E-state index in [0.717, 1.165) is 16.4 Å². The van der Waals surface area contributed by atoms with E-state index >= 15 is 0 Å². The van der Waals surface area contributed by atoms with E-state index in [4.69, 9.17) is 0 Å². The number of ketones is 1. The molecule has 0 heterocycles. The number of carbonyl (C=O) groups is 1. The minimum Gasteiger partial charge on any atom is -0.294 e. The van der Waals surface area contributed by atoms with Crippen LogP contribution in [0.4, 0.5) is 4.39 Å². The number of hydrogen-bond donors (Lipinski definition) is 0. The first kappa shape index (κ1) is 15.8. The van der Waals surface area contributed by atoms with Gasteiger partial charge in [0, 0.05) is 25.1 Å². The highest BCUT2D eigenvalue weighted by atomic mass is 32.2. The standard InChI is InChI=1S/C13H18FNO3S/c1-4-12(16)10-7-8-11(14)13(9-10)19(17,18)15(5-2)6-3/h7-9H,4-6H2,1-3H3. The van der Waals surface area contributed by atoms with Crippen LogP contribution in [0, 0.1) is 5.82 Å². The van der Waals surface area contributed by atoms with Crippen molar-refractivity contribution in [2.45, 2.75) is 32.1 Å². The Bertz CT molecular complexity index is 565. The quantitative estimate of drug-likeness (QED) is 0.755. The van der Waals surface area contributed by atoms with Gasteiger partial charge in [-0.2, -0.15) is 4.31 Å². The summed E-state index contributed by atoms with van der Waals surface area (Å²) < 4.78 is 39.4. The number of Topliss-reactive ketones (excluding diaryl/α,β-unsaturated/α-hetero) is 1. The van der Waals surface area contributed by atoms with Crippen molar-refractivity contribution in [3.05, 3.63) is 29.6 Å². The molecule has 0 aliphatic carbocycles. The summed E-state index contributed by atoms with van der Waals surface area (Å²) in [6, 6.07) is 3.45. The number of halogens is 1. The van der Waals surface area contributed by atoms with E-state index < -0.39 is 20.7 Å². The summed E-state index contributed by atoms with van der Waals surface area (Å²) in [7, 11) is -3.89. The monoisotopic (exact) mass is 287 g/mol. The molecule has 0 saturated heterocycles. The minimum atomic E-state index is -3.89. The van der Waals surface area contributed by atoms with E-state index in [9.17, 15) is 17.6 Å². The fourth-order valence-corrected chi connectivity index (χ4v) is 3.33. The van der Waals surface area contributed by atoms with Crippen LogP contribution in [0.5, 0.6) is 0 Å². The number of sulfonamides is 1. The predicted octanol–water partition coefficient (Wildman–Crippen LogP) is 2.45. The zero-order valence-corrected chi connectivity index (χ0v) is 12.1. The minimum absolute atomic E-state index is 0.212. The van der Waals surface area contributed by atoms with Crippen molar-refractivity contribution in [3.63, 3.8) is 0 Å². The Morgan fingerprint density at radius 2 is 1.79 bits per heavy atom. The van der Waals surface area contributed by atoms with Gasteiger partial charge in [-0.15, -0.1) is 0 Å². The lowest BCUT2D eigenvalue weighted by atomic mass is 10.1. The zero-order chi connectivity index (χ0) is 14.6. The second kappa shape index (κ2) is 6.25. The Morgan fingerprint density at radius 3 is 2.26 bits per heavy atom. The molecule has 0 spiro atoms. The van der Waals surface area contributed by atoms with Gasteiger partial charge in [0.1, 0.15) is 10.7 Å². The molecule has 0 saturated carbocycles. The molecule has 106 valence electrons. The van der Waals surface area contributed by atoms with Crippen LogP contribution < -0.4 is 0 Å². The van der Waals surface area contributed by atoms with Gasteiger partial charge in [-0.25, -0.2) is 12.8 Å². The third-order valence-corrected chi connectivity index (χ3v) is 4.96. The van der Waals surface area contributed by atoms with Crippen molar-refractivity contribution in [2.75, 3.05) is 13.1 Å². The fraction of sp³-hybridized carbons (Fsp3) is 0.462. The second-order valence-corrected chi connectivity index (χ2v) is 5.92. The normalized spacial score (nSPS) is 11.8. The van der Waals surface area contributed by atoms with Crippen molar-refractivity contribution in [1.82, 2.24) is 4.31 Å². The maximum Gasteiger partial charge on any atom is 0.245 e. The van der Waals surface area contributed by atoms with Crippen molar-refractivity contribution >= 4 is 15.8 Å². The van der Waals surface area contributed by atoms with Gasteiger partial charge in [0.2, 0.25) is 10.0 Å². The molecule has 0 fully saturated rings. The summed E-state index contributed by atoms with van der Waals surface area (Å²) in [6.45, 7) is 5.54. The van der Waals surface area contributed by atoms with E-state index in [2.05, 4.69) is 0 Å². The Hall–Kier alpha value is -1.27. The maximum absolute atomic E-state index is 13.7. The Balaban J connectivity index is 3.37. The molecule has 0 unspecified atom stereocenters. The van der Waals surface area contributed by atoms with Crippen molar-refractivity contribution < 1.29 is 17.6 Å². The topological polar surface area (TPSA) is 54.5 Å². The van der Waals surface area contributed by atoms with E-state index in [1.54, 1.807) is 20.8 Å². The summed E-state index contributed by atoms with van der Waals surface area (Å²) in [4.78, 5) is 11.1. The molecule has 0 atom stereocenters. The summed E-state index contributed by atoms with van der Waals surface area (Å²) in [5, 5.41) is 0. The summed E-state index contributed by atoms with van der Waals surface area (Å²) in [5.41, 5.74) is 0.217. The van der Waals surface area contributed by atoms with Crippen LogP contribution in [0.15, 0.2) is 23.1 Å². The van der Waals surface area contributed by atoms with Crippen LogP contribution >= 0.6 is 0 Å². The van der Waals surface area contributed by atoms with Crippen LogP contribution in [0.1, 0.15) is 37.6 Å². The first-order chi connectivity index (χ1) is 8.88. The largest absolute Gasteiger partial charge is 0.294 e. The number of benzene rings is 1. The van der Waals surface area contributed by atoms with Crippen LogP contribution in [0.3, 0.4) is 0 Å². The first-order valence-corrected chi connectivity index (χ1v) is 7.65. The van der Waals surface area contributed by atoms with Gasteiger partial charge < -0.3 is 0 Å². The second-order valence-electron chi connectivity index (χ2n) is 4.01. The molecule has 0 radical (unpaired) electrons. The van der Waals surface area contributed by atoms with E-state index in [-0.39, 0.29) is 30.9 Å². The molecule has 1 aromatic carbocycles. The smallest absolute Gasteiger partial charge is 0.245 e. The number of nitrogens with zero attached hydrogens (tertiary/aromatic N) is 1. The highest BCUT2D eigenvalue weighted by Gasteiger charge is 2.26. The van der Waals surface area contributed by atoms with E-state index in [1.807, 2.05) is 0 Å². The fourth-order valence-electron chi connectivity index (χ4n) is 1.78. The molecule has 0 N–H and O–H groups in total. The molecule has 4 nitrogen and oxygen atoms in total. The van der Waals surface area contributed by atoms with Gasteiger partial charge in [0.25, 0.3) is 0 Å². The Labute approximate surface area is 113 Å². The molecular weight excluding hydrogens is 269 g/mol. The summed E-state index contributed by atoms with van der Waals surface area (Å²) in [5.74, 6) is -1.05. The Kier molecular flexibility index (Phi) is 5.20. The van der Waals surface area contributed by atoms with Crippen molar-refractivity contribution in [2.24, 2.45) is 0 Å². The van der Waals surface area contributed by atoms with Crippen LogP contribution in [-0.2, 0) is 10.0 Å². The van der Waals surface area contributed by atoms with Gasteiger partial charge >= 0.3 is 0 Å². The van der Waals surface area contributed by atoms with Gasteiger partial charge in [0.05, 0.1) is 0 Å². The van der Waals surface area contributed by atoms with Gasteiger partial charge in [-0.1, -0.05) is 20.8 Å². The molecule has 19 heavy (non-hydrogen) atoms. The highest BCUT2D eigenvalue weighted by Crippen LogP contribution is 2.21. The molecule has 0 aliphatic rings. The number of rotatable bonds is 6. The van der Waals surface area contributed by atoms with E-state index in [0.29, 0.717) is 0 Å². The zero-order valence-electron chi connectivity index (χ0n) is 11.3. The highest BCUT2D eigenvalue weighted by molar-refractivity contribution is 7.89. The number of hydrogen-bond acceptors (Lipinski definition) is 3.